The van der Waals surface area contributed by atoms with Crippen LogP contribution in [0.15, 0.2) is 24.3 Å². The average Bonchev–Trinajstić information content (AvgIpc) is 2.38. The lowest BCUT2D eigenvalue weighted by molar-refractivity contribution is 0.281. The van der Waals surface area contributed by atoms with Crippen LogP contribution in [0.3, 0.4) is 0 Å². The monoisotopic (exact) mass is 231 g/mol. The Morgan fingerprint density at radius 2 is 1.82 bits per heavy atom. The highest BCUT2D eigenvalue weighted by Gasteiger charge is 2.34. The molecule has 1 aromatic carbocycles. The van der Waals surface area contributed by atoms with Gasteiger partial charge in [0.2, 0.25) is 0 Å². The lowest BCUT2D eigenvalue weighted by atomic mass is 9.68. The van der Waals surface area contributed by atoms with Gasteiger partial charge in [-0.1, -0.05) is 50.5 Å². The van der Waals surface area contributed by atoms with Crippen molar-refractivity contribution in [2.45, 2.75) is 51.4 Å². The summed E-state index contributed by atoms with van der Waals surface area (Å²) in [7, 11) is 0. The quantitative estimate of drug-likeness (QED) is 0.831. The Bertz CT molecular complexity index is 350. The average molecular weight is 231 g/mol. The van der Waals surface area contributed by atoms with Crippen molar-refractivity contribution < 1.29 is 0 Å². The summed E-state index contributed by atoms with van der Waals surface area (Å²) in [5.41, 5.74) is 3.45. The second-order valence-electron chi connectivity index (χ2n) is 5.44. The van der Waals surface area contributed by atoms with Crippen LogP contribution in [0.2, 0.25) is 0 Å². The van der Waals surface area contributed by atoms with E-state index < -0.39 is 0 Å². The van der Waals surface area contributed by atoms with Gasteiger partial charge in [0.25, 0.3) is 0 Å². The number of benzene rings is 1. The zero-order valence-corrected chi connectivity index (χ0v) is 11.3. The maximum absolute atomic E-state index is 3.58. The van der Waals surface area contributed by atoms with Gasteiger partial charge in [-0.2, -0.15) is 0 Å². The molecule has 0 heterocycles. The van der Waals surface area contributed by atoms with E-state index >= 15 is 0 Å². The first kappa shape index (κ1) is 12.6. The fraction of sp³-hybridized carbons (Fsp3) is 0.625. The number of hydrogen-bond acceptors (Lipinski definition) is 1. The first-order valence-electron chi connectivity index (χ1n) is 7.05. The van der Waals surface area contributed by atoms with E-state index in [1.54, 1.807) is 5.56 Å². The van der Waals surface area contributed by atoms with E-state index in [1.807, 2.05) is 0 Å². The van der Waals surface area contributed by atoms with Gasteiger partial charge < -0.3 is 5.32 Å². The third kappa shape index (κ3) is 2.71. The lowest BCUT2D eigenvalue weighted by Crippen LogP contribution is -2.40. The minimum atomic E-state index is 0.402. The minimum Gasteiger partial charge on any atom is -0.316 e. The second-order valence-corrected chi connectivity index (χ2v) is 5.44. The van der Waals surface area contributed by atoms with Crippen molar-refractivity contribution in [1.82, 2.24) is 5.32 Å². The van der Waals surface area contributed by atoms with Crippen molar-refractivity contribution in [3.63, 3.8) is 0 Å². The highest BCUT2D eigenvalue weighted by molar-refractivity contribution is 5.34. The van der Waals surface area contributed by atoms with Gasteiger partial charge in [0.1, 0.15) is 0 Å². The zero-order valence-electron chi connectivity index (χ0n) is 11.3. The highest BCUT2D eigenvalue weighted by atomic mass is 14.9. The van der Waals surface area contributed by atoms with Gasteiger partial charge in [0.05, 0.1) is 0 Å². The standard InChI is InChI=1S/C16H25N/c1-3-17-13-16(11-7-4-8-12-16)15-10-6-5-9-14(15)2/h5-6,9-10,17H,3-4,7-8,11-13H2,1-2H3. The molecule has 1 saturated carbocycles. The Kier molecular flexibility index (Phi) is 4.22. The van der Waals surface area contributed by atoms with Crippen LogP contribution in [-0.4, -0.2) is 13.1 Å². The van der Waals surface area contributed by atoms with Crippen LogP contribution in [0.5, 0.6) is 0 Å². The molecule has 0 atom stereocenters. The van der Waals surface area contributed by atoms with Crippen molar-refractivity contribution in [3.05, 3.63) is 35.4 Å². The molecular weight excluding hydrogens is 206 g/mol. The topological polar surface area (TPSA) is 12.0 Å². The molecule has 2 rings (SSSR count). The summed E-state index contributed by atoms with van der Waals surface area (Å²) in [5.74, 6) is 0. The molecule has 0 aliphatic heterocycles. The van der Waals surface area contributed by atoms with Crippen molar-refractivity contribution in [1.29, 1.82) is 0 Å². The van der Waals surface area contributed by atoms with Gasteiger partial charge in [-0.25, -0.2) is 0 Å². The molecule has 0 saturated heterocycles. The van der Waals surface area contributed by atoms with Gasteiger partial charge in [-0.05, 0) is 37.4 Å². The predicted molar refractivity (Wildman–Crippen MR) is 74.5 cm³/mol. The predicted octanol–water partition coefficient (Wildman–Crippen LogP) is 3.81. The van der Waals surface area contributed by atoms with Gasteiger partial charge in [0.15, 0.2) is 0 Å². The molecule has 94 valence electrons. The molecule has 1 aromatic rings. The third-order valence-corrected chi connectivity index (χ3v) is 4.24. The second kappa shape index (κ2) is 5.68. The number of likely N-dealkylation sites (N-methyl/N-ethyl adjacent to an activating group) is 1. The molecule has 1 N–H and O–H groups in total. The van der Waals surface area contributed by atoms with E-state index in [0.29, 0.717) is 5.41 Å². The summed E-state index contributed by atoms with van der Waals surface area (Å²) < 4.78 is 0. The van der Waals surface area contributed by atoms with E-state index in [0.717, 1.165) is 13.1 Å². The summed E-state index contributed by atoms with van der Waals surface area (Å²) in [5, 5.41) is 3.58. The van der Waals surface area contributed by atoms with Crippen LogP contribution in [0.1, 0.15) is 50.2 Å². The summed E-state index contributed by atoms with van der Waals surface area (Å²) in [6.45, 7) is 6.69. The Morgan fingerprint density at radius 1 is 1.12 bits per heavy atom. The Balaban J connectivity index is 2.28. The number of hydrogen-bond donors (Lipinski definition) is 1. The largest absolute Gasteiger partial charge is 0.316 e. The molecule has 1 aliphatic rings. The first-order valence-corrected chi connectivity index (χ1v) is 7.05. The smallest absolute Gasteiger partial charge is 0.00804 e. The van der Waals surface area contributed by atoms with Crippen molar-refractivity contribution in [2.75, 3.05) is 13.1 Å². The Hall–Kier alpha value is -0.820. The fourth-order valence-electron chi connectivity index (χ4n) is 3.30. The molecule has 17 heavy (non-hydrogen) atoms. The SMILES string of the molecule is CCNCC1(c2ccccc2C)CCCCC1. The molecule has 1 nitrogen and oxygen atoms in total. The zero-order chi connectivity index (χ0) is 12.1. The lowest BCUT2D eigenvalue weighted by Gasteiger charge is -2.39. The van der Waals surface area contributed by atoms with E-state index in [1.165, 1.54) is 37.7 Å². The van der Waals surface area contributed by atoms with Gasteiger partial charge >= 0.3 is 0 Å². The molecule has 1 heteroatoms. The van der Waals surface area contributed by atoms with E-state index in [-0.39, 0.29) is 0 Å². The molecule has 0 amide bonds. The van der Waals surface area contributed by atoms with Crippen LogP contribution in [0, 0.1) is 6.92 Å². The van der Waals surface area contributed by atoms with E-state index in [9.17, 15) is 0 Å². The fourth-order valence-corrected chi connectivity index (χ4v) is 3.30. The molecule has 0 spiro atoms. The summed E-state index contributed by atoms with van der Waals surface area (Å²) in [6.07, 6.45) is 6.90. The summed E-state index contributed by atoms with van der Waals surface area (Å²) in [4.78, 5) is 0. The number of aryl methyl sites for hydroxylation is 1. The molecule has 1 aliphatic carbocycles. The summed E-state index contributed by atoms with van der Waals surface area (Å²) in [6, 6.07) is 8.96. The van der Waals surface area contributed by atoms with Crippen molar-refractivity contribution in [2.24, 2.45) is 0 Å². The minimum absolute atomic E-state index is 0.402. The van der Waals surface area contributed by atoms with Gasteiger partial charge in [0, 0.05) is 12.0 Å². The van der Waals surface area contributed by atoms with Crippen LogP contribution in [0.25, 0.3) is 0 Å². The van der Waals surface area contributed by atoms with E-state index in [2.05, 4.69) is 43.4 Å². The van der Waals surface area contributed by atoms with Gasteiger partial charge in [-0.3, -0.25) is 0 Å². The van der Waals surface area contributed by atoms with Crippen molar-refractivity contribution >= 4 is 0 Å². The molecular formula is C16H25N. The van der Waals surface area contributed by atoms with Crippen LogP contribution in [-0.2, 0) is 5.41 Å². The molecule has 0 radical (unpaired) electrons. The van der Waals surface area contributed by atoms with Crippen LogP contribution in [0.4, 0.5) is 0 Å². The maximum atomic E-state index is 3.58. The van der Waals surface area contributed by atoms with E-state index in [4.69, 9.17) is 0 Å². The molecule has 0 unspecified atom stereocenters. The van der Waals surface area contributed by atoms with Crippen molar-refractivity contribution in [3.8, 4) is 0 Å². The molecule has 0 aromatic heterocycles. The third-order valence-electron chi connectivity index (χ3n) is 4.24. The highest BCUT2D eigenvalue weighted by Crippen LogP contribution is 2.40. The first-order chi connectivity index (χ1) is 8.28. The number of rotatable bonds is 4. The number of nitrogens with one attached hydrogen (secondary N) is 1. The maximum Gasteiger partial charge on any atom is 0.00804 e. The molecule has 0 bridgehead atoms. The Morgan fingerprint density at radius 3 is 2.47 bits per heavy atom. The van der Waals surface area contributed by atoms with Crippen LogP contribution >= 0.6 is 0 Å². The summed E-state index contributed by atoms with van der Waals surface area (Å²) >= 11 is 0. The molecule has 1 fully saturated rings. The normalized spacial score (nSPS) is 19.2. The Labute approximate surface area is 106 Å². The van der Waals surface area contributed by atoms with Crippen LogP contribution < -0.4 is 5.32 Å². The van der Waals surface area contributed by atoms with Gasteiger partial charge in [-0.15, -0.1) is 0 Å².